The zero-order valence-electron chi connectivity index (χ0n) is 15.3. The molecule has 0 unspecified atom stereocenters. The largest absolute Gasteiger partial charge is 0.493 e. The zero-order valence-corrected chi connectivity index (χ0v) is 15.3. The highest BCUT2D eigenvalue weighted by atomic mass is 16.5. The fourth-order valence-electron chi connectivity index (χ4n) is 2.96. The average Bonchev–Trinajstić information content (AvgIpc) is 2.66. The Morgan fingerprint density at radius 2 is 1.96 bits per heavy atom. The molecule has 3 rings (SSSR count). The Hall–Kier alpha value is -3.53. The van der Waals surface area contributed by atoms with Crippen molar-refractivity contribution in [1.29, 1.82) is 5.26 Å². The number of para-hydroxylation sites is 2. The molecule has 138 valence electrons. The number of nitrogens with zero attached hydrogens (tertiary/aromatic N) is 2. The highest BCUT2D eigenvalue weighted by Gasteiger charge is 2.43. The molecule has 7 heteroatoms. The van der Waals surface area contributed by atoms with Gasteiger partial charge < -0.3 is 14.8 Å². The van der Waals surface area contributed by atoms with E-state index in [1.54, 1.807) is 50.2 Å². The van der Waals surface area contributed by atoms with Crippen molar-refractivity contribution in [3.63, 3.8) is 0 Å². The molecule has 0 fully saturated rings. The van der Waals surface area contributed by atoms with Gasteiger partial charge in [-0.2, -0.15) is 5.26 Å². The molecule has 0 saturated heterocycles. The molecule has 2 amide bonds. The van der Waals surface area contributed by atoms with Gasteiger partial charge in [0.15, 0.2) is 18.1 Å². The van der Waals surface area contributed by atoms with Gasteiger partial charge >= 0.3 is 0 Å². The summed E-state index contributed by atoms with van der Waals surface area (Å²) in [4.78, 5) is 26.8. The van der Waals surface area contributed by atoms with E-state index in [4.69, 9.17) is 14.7 Å². The normalized spacial score (nSPS) is 14.6. The van der Waals surface area contributed by atoms with Crippen molar-refractivity contribution in [2.45, 2.75) is 19.4 Å². The molecule has 7 nitrogen and oxygen atoms in total. The molecule has 1 heterocycles. The first-order valence-electron chi connectivity index (χ1n) is 8.33. The molecule has 0 atom stereocenters. The Bertz CT molecular complexity index is 946. The summed E-state index contributed by atoms with van der Waals surface area (Å²) in [5.41, 5.74) is 0.547. The number of methoxy groups -OCH3 is 1. The molecule has 27 heavy (non-hydrogen) atoms. The average molecular weight is 365 g/mol. The lowest BCUT2D eigenvalue weighted by molar-refractivity contribution is -0.127. The number of amides is 2. The van der Waals surface area contributed by atoms with Crippen LogP contribution in [0.15, 0.2) is 42.5 Å². The van der Waals surface area contributed by atoms with Crippen molar-refractivity contribution in [2.75, 3.05) is 23.9 Å². The summed E-state index contributed by atoms with van der Waals surface area (Å²) in [5.74, 6) is 0.0644. The highest BCUT2D eigenvalue weighted by molar-refractivity contribution is 6.14. The van der Waals surface area contributed by atoms with Gasteiger partial charge in [-0.25, -0.2) is 0 Å². The number of fused-ring (bicyclic) bond motifs is 1. The minimum absolute atomic E-state index is 0.273. The van der Waals surface area contributed by atoms with E-state index in [-0.39, 0.29) is 18.4 Å². The van der Waals surface area contributed by atoms with E-state index < -0.39 is 5.54 Å². The molecular weight excluding hydrogens is 346 g/mol. The highest BCUT2D eigenvalue weighted by Crippen LogP contribution is 2.37. The second-order valence-electron chi connectivity index (χ2n) is 6.53. The maximum Gasteiger partial charge on any atom is 0.265 e. The van der Waals surface area contributed by atoms with Crippen LogP contribution in [0, 0.1) is 11.3 Å². The van der Waals surface area contributed by atoms with Crippen LogP contribution in [0.2, 0.25) is 0 Å². The predicted molar refractivity (Wildman–Crippen MR) is 99.8 cm³/mol. The molecule has 0 bridgehead atoms. The number of carbonyl (C=O) groups is 2. The van der Waals surface area contributed by atoms with E-state index >= 15 is 0 Å². The molecular formula is C20H19N3O4. The van der Waals surface area contributed by atoms with Gasteiger partial charge in [0.25, 0.3) is 5.91 Å². The minimum atomic E-state index is -1.07. The standard InChI is InChI=1S/C20H19N3O4/c1-20(2)19(25)22-14-6-4-5-7-15(14)23(20)18(24)12-27-16-9-8-13(11-21)10-17(16)26-3/h4-10H,12H2,1-3H3,(H,22,25). The topological polar surface area (TPSA) is 91.7 Å². The van der Waals surface area contributed by atoms with Crippen molar-refractivity contribution in [3.05, 3.63) is 48.0 Å². The van der Waals surface area contributed by atoms with Crippen LogP contribution in [0.3, 0.4) is 0 Å². The zero-order chi connectivity index (χ0) is 19.6. The Morgan fingerprint density at radius 1 is 1.22 bits per heavy atom. The van der Waals surface area contributed by atoms with Crippen LogP contribution < -0.4 is 19.7 Å². The molecule has 1 N–H and O–H groups in total. The number of benzene rings is 2. The lowest BCUT2D eigenvalue weighted by Gasteiger charge is -2.41. The molecule has 1 aliphatic rings. The quantitative estimate of drug-likeness (QED) is 0.899. The fraction of sp³-hybridized carbons (Fsp3) is 0.250. The van der Waals surface area contributed by atoms with Crippen LogP contribution in [-0.4, -0.2) is 31.1 Å². The molecule has 0 saturated carbocycles. The maximum absolute atomic E-state index is 12.9. The third-order valence-corrected chi connectivity index (χ3v) is 4.40. The number of carbonyl (C=O) groups excluding carboxylic acids is 2. The smallest absolute Gasteiger partial charge is 0.265 e. The van der Waals surface area contributed by atoms with Crippen LogP contribution in [0.25, 0.3) is 0 Å². The molecule has 0 spiro atoms. The Kier molecular flexibility index (Phi) is 4.74. The summed E-state index contributed by atoms with van der Waals surface area (Å²) in [6.07, 6.45) is 0. The van der Waals surface area contributed by atoms with Gasteiger partial charge in [0.2, 0.25) is 5.91 Å². The third-order valence-electron chi connectivity index (χ3n) is 4.40. The van der Waals surface area contributed by atoms with Crippen molar-refractivity contribution in [1.82, 2.24) is 0 Å². The van der Waals surface area contributed by atoms with E-state index in [2.05, 4.69) is 5.32 Å². The van der Waals surface area contributed by atoms with Crippen molar-refractivity contribution >= 4 is 23.2 Å². The van der Waals surface area contributed by atoms with Gasteiger partial charge in [0.1, 0.15) is 5.54 Å². The Labute approximate surface area is 157 Å². The number of nitriles is 1. The van der Waals surface area contributed by atoms with Crippen LogP contribution in [0.1, 0.15) is 19.4 Å². The van der Waals surface area contributed by atoms with Crippen molar-refractivity contribution in [2.24, 2.45) is 0 Å². The van der Waals surface area contributed by atoms with Gasteiger partial charge in [-0.1, -0.05) is 12.1 Å². The molecule has 0 aromatic heterocycles. The minimum Gasteiger partial charge on any atom is -0.493 e. The Morgan fingerprint density at radius 3 is 2.67 bits per heavy atom. The van der Waals surface area contributed by atoms with Gasteiger partial charge in [0, 0.05) is 6.07 Å². The molecule has 1 aliphatic heterocycles. The molecule has 0 aliphatic carbocycles. The van der Waals surface area contributed by atoms with E-state index in [1.165, 1.54) is 18.1 Å². The number of rotatable bonds is 4. The summed E-state index contributed by atoms with van der Waals surface area (Å²) in [7, 11) is 1.46. The number of nitrogens with one attached hydrogen (secondary N) is 1. The van der Waals surface area contributed by atoms with Crippen LogP contribution in [0.4, 0.5) is 11.4 Å². The Balaban J connectivity index is 1.86. The summed E-state index contributed by atoms with van der Waals surface area (Å²) in [6.45, 7) is 3.07. The summed E-state index contributed by atoms with van der Waals surface area (Å²) < 4.78 is 10.8. The summed E-state index contributed by atoms with van der Waals surface area (Å²) in [6, 6.07) is 13.8. The van der Waals surface area contributed by atoms with Crippen molar-refractivity contribution < 1.29 is 19.1 Å². The van der Waals surface area contributed by atoms with Gasteiger partial charge in [-0.05, 0) is 38.1 Å². The monoisotopic (exact) mass is 365 g/mol. The number of hydrogen-bond acceptors (Lipinski definition) is 5. The van der Waals surface area contributed by atoms with Crippen LogP contribution in [-0.2, 0) is 9.59 Å². The maximum atomic E-state index is 12.9. The van der Waals surface area contributed by atoms with Crippen molar-refractivity contribution in [3.8, 4) is 17.6 Å². The fourth-order valence-corrected chi connectivity index (χ4v) is 2.96. The molecule has 2 aromatic carbocycles. The SMILES string of the molecule is COc1cc(C#N)ccc1OCC(=O)N1c2ccccc2NC(=O)C1(C)C. The lowest BCUT2D eigenvalue weighted by atomic mass is 9.96. The van der Waals surface area contributed by atoms with E-state index in [0.29, 0.717) is 28.4 Å². The first kappa shape index (κ1) is 18.3. The van der Waals surface area contributed by atoms with E-state index in [1.807, 2.05) is 6.07 Å². The first-order valence-corrected chi connectivity index (χ1v) is 8.33. The number of anilines is 2. The predicted octanol–water partition coefficient (Wildman–Crippen LogP) is 2.71. The summed E-state index contributed by atoms with van der Waals surface area (Å²) >= 11 is 0. The van der Waals surface area contributed by atoms with Gasteiger partial charge in [0.05, 0.1) is 30.1 Å². The van der Waals surface area contributed by atoms with E-state index in [0.717, 1.165) is 0 Å². The summed E-state index contributed by atoms with van der Waals surface area (Å²) in [5, 5.41) is 11.8. The van der Waals surface area contributed by atoms with Crippen LogP contribution >= 0.6 is 0 Å². The second-order valence-corrected chi connectivity index (χ2v) is 6.53. The third kappa shape index (κ3) is 3.29. The molecule has 0 radical (unpaired) electrons. The van der Waals surface area contributed by atoms with Gasteiger partial charge in [-0.3, -0.25) is 14.5 Å². The van der Waals surface area contributed by atoms with Crippen LogP contribution in [0.5, 0.6) is 11.5 Å². The number of hydrogen-bond donors (Lipinski definition) is 1. The first-order chi connectivity index (χ1) is 12.9. The van der Waals surface area contributed by atoms with E-state index in [9.17, 15) is 9.59 Å². The second kappa shape index (κ2) is 7.00. The number of ether oxygens (including phenoxy) is 2. The lowest BCUT2D eigenvalue weighted by Crippen LogP contribution is -2.59. The van der Waals surface area contributed by atoms with Gasteiger partial charge in [-0.15, -0.1) is 0 Å². The molecule has 2 aromatic rings.